The Kier molecular flexibility index (Phi) is 2.82. The number of hydrogen-bond acceptors (Lipinski definition) is 3. The third-order valence-corrected chi connectivity index (χ3v) is 2.91. The van der Waals surface area contributed by atoms with Crippen molar-refractivity contribution < 1.29 is 9.84 Å². The average molecular weight is 207 g/mol. The van der Waals surface area contributed by atoms with E-state index in [-0.39, 0.29) is 12.5 Å². The number of likely N-dealkylation sites (N-methyl/N-ethyl adjacent to an activating group) is 1. The summed E-state index contributed by atoms with van der Waals surface area (Å²) in [5.74, 6) is 1.07. The number of rotatable bonds is 2. The van der Waals surface area contributed by atoms with Crippen LogP contribution in [-0.4, -0.2) is 31.9 Å². The molecule has 1 N–H and O–H groups in total. The molecular formula is C12H17NO2. The molecule has 15 heavy (non-hydrogen) atoms. The molecule has 1 aliphatic heterocycles. The molecule has 0 spiro atoms. The number of hydrogen-bond donors (Lipinski definition) is 1. The van der Waals surface area contributed by atoms with E-state index in [4.69, 9.17) is 4.74 Å². The lowest BCUT2D eigenvalue weighted by Crippen LogP contribution is -2.29. The minimum absolute atomic E-state index is 0.131. The van der Waals surface area contributed by atoms with Crippen LogP contribution in [-0.2, 0) is 0 Å². The van der Waals surface area contributed by atoms with Crippen molar-refractivity contribution in [3.8, 4) is 5.75 Å². The van der Waals surface area contributed by atoms with Crippen molar-refractivity contribution in [2.75, 3.05) is 31.7 Å². The summed E-state index contributed by atoms with van der Waals surface area (Å²) in [6.45, 7) is 3.81. The van der Waals surface area contributed by atoms with Gasteiger partial charge >= 0.3 is 0 Å². The molecule has 1 atom stereocenters. The first-order valence-corrected chi connectivity index (χ1v) is 5.31. The van der Waals surface area contributed by atoms with Gasteiger partial charge in [-0.1, -0.05) is 19.1 Å². The van der Waals surface area contributed by atoms with Gasteiger partial charge in [0.1, 0.15) is 12.4 Å². The van der Waals surface area contributed by atoms with Gasteiger partial charge in [0, 0.05) is 25.1 Å². The maximum atomic E-state index is 9.19. The Morgan fingerprint density at radius 1 is 1.53 bits per heavy atom. The van der Waals surface area contributed by atoms with E-state index >= 15 is 0 Å². The first-order valence-electron chi connectivity index (χ1n) is 5.31. The van der Waals surface area contributed by atoms with E-state index in [1.165, 1.54) is 0 Å². The molecule has 0 fully saturated rings. The topological polar surface area (TPSA) is 32.7 Å². The minimum Gasteiger partial charge on any atom is -0.489 e. The second kappa shape index (κ2) is 4.11. The molecule has 0 aliphatic carbocycles. The molecule has 0 amide bonds. The van der Waals surface area contributed by atoms with E-state index in [2.05, 4.69) is 18.0 Å². The van der Waals surface area contributed by atoms with Gasteiger partial charge in [-0.3, -0.25) is 0 Å². The highest BCUT2D eigenvalue weighted by Crippen LogP contribution is 2.37. The second-order valence-electron chi connectivity index (χ2n) is 4.05. The van der Waals surface area contributed by atoms with Gasteiger partial charge in [0.2, 0.25) is 0 Å². The smallest absolute Gasteiger partial charge is 0.146 e. The standard InChI is InChI=1S/C12H17NO2/c1-9(8-14)10-4-3-5-11-12(10)15-7-6-13(11)2/h3-5,9,14H,6-8H2,1-2H3. The summed E-state index contributed by atoms with van der Waals surface area (Å²) in [6.07, 6.45) is 0. The lowest BCUT2D eigenvalue weighted by atomic mass is 9.99. The highest BCUT2D eigenvalue weighted by atomic mass is 16.5. The Labute approximate surface area is 90.3 Å². The molecule has 0 aromatic heterocycles. The third-order valence-electron chi connectivity index (χ3n) is 2.91. The van der Waals surface area contributed by atoms with Crippen LogP contribution < -0.4 is 9.64 Å². The van der Waals surface area contributed by atoms with Crippen LogP contribution in [0.4, 0.5) is 5.69 Å². The maximum Gasteiger partial charge on any atom is 0.146 e. The van der Waals surface area contributed by atoms with Crippen LogP contribution in [0, 0.1) is 0 Å². The Balaban J connectivity index is 2.44. The number of aliphatic hydroxyl groups is 1. The number of ether oxygens (including phenoxy) is 1. The van der Waals surface area contributed by atoms with E-state index in [0.717, 1.165) is 30.2 Å². The Morgan fingerprint density at radius 2 is 2.33 bits per heavy atom. The number of fused-ring (bicyclic) bond motifs is 1. The fraction of sp³-hybridized carbons (Fsp3) is 0.500. The van der Waals surface area contributed by atoms with Crippen LogP contribution in [0.3, 0.4) is 0 Å². The molecule has 2 rings (SSSR count). The maximum absolute atomic E-state index is 9.19. The number of aliphatic hydroxyl groups excluding tert-OH is 1. The highest BCUT2D eigenvalue weighted by Gasteiger charge is 2.20. The van der Waals surface area contributed by atoms with Crippen LogP contribution in [0.25, 0.3) is 0 Å². The van der Waals surface area contributed by atoms with Gasteiger partial charge < -0.3 is 14.7 Å². The normalized spacial score (nSPS) is 16.9. The van der Waals surface area contributed by atoms with Crippen LogP contribution in [0.15, 0.2) is 18.2 Å². The summed E-state index contributed by atoms with van der Waals surface area (Å²) in [7, 11) is 2.06. The molecule has 0 saturated carbocycles. The van der Waals surface area contributed by atoms with Crippen molar-refractivity contribution in [2.45, 2.75) is 12.8 Å². The van der Waals surface area contributed by atoms with Gasteiger partial charge in [0.25, 0.3) is 0 Å². The first-order chi connectivity index (χ1) is 7.24. The molecule has 3 nitrogen and oxygen atoms in total. The molecule has 1 aliphatic rings. The largest absolute Gasteiger partial charge is 0.489 e. The molecule has 1 aromatic rings. The summed E-state index contributed by atoms with van der Waals surface area (Å²) in [5.41, 5.74) is 2.22. The molecule has 1 aromatic carbocycles. The lowest BCUT2D eigenvalue weighted by Gasteiger charge is -2.30. The van der Waals surface area contributed by atoms with Crippen molar-refractivity contribution in [3.63, 3.8) is 0 Å². The predicted molar refractivity (Wildman–Crippen MR) is 60.7 cm³/mol. The van der Waals surface area contributed by atoms with Gasteiger partial charge in [0.05, 0.1) is 12.2 Å². The van der Waals surface area contributed by atoms with Gasteiger partial charge in [-0.2, -0.15) is 0 Å². The van der Waals surface area contributed by atoms with Crippen LogP contribution in [0.1, 0.15) is 18.4 Å². The summed E-state index contributed by atoms with van der Waals surface area (Å²) in [6, 6.07) is 6.10. The Hall–Kier alpha value is -1.22. The molecule has 3 heteroatoms. The zero-order valence-corrected chi connectivity index (χ0v) is 9.23. The Bertz CT molecular complexity index is 351. The number of benzene rings is 1. The van der Waals surface area contributed by atoms with Gasteiger partial charge in [-0.15, -0.1) is 0 Å². The van der Waals surface area contributed by atoms with Crippen LogP contribution in [0.5, 0.6) is 5.75 Å². The predicted octanol–water partition coefficient (Wildman–Crippen LogP) is 1.61. The van der Waals surface area contributed by atoms with Gasteiger partial charge in [-0.05, 0) is 6.07 Å². The minimum atomic E-state index is 0.131. The average Bonchev–Trinajstić information content (AvgIpc) is 2.28. The third kappa shape index (κ3) is 1.79. The van der Waals surface area contributed by atoms with E-state index < -0.39 is 0 Å². The number of anilines is 1. The van der Waals surface area contributed by atoms with E-state index in [9.17, 15) is 5.11 Å². The van der Waals surface area contributed by atoms with Crippen LogP contribution in [0.2, 0.25) is 0 Å². The molecule has 0 radical (unpaired) electrons. The van der Waals surface area contributed by atoms with Crippen molar-refractivity contribution in [1.82, 2.24) is 0 Å². The molecule has 1 unspecified atom stereocenters. The summed E-state index contributed by atoms with van der Waals surface area (Å²) >= 11 is 0. The fourth-order valence-corrected chi connectivity index (χ4v) is 1.89. The van der Waals surface area contributed by atoms with Crippen molar-refractivity contribution in [1.29, 1.82) is 0 Å². The van der Waals surface area contributed by atoms with Crippen molar-refractivity contribution in [2.24, 2.45) is 0 Å². The van der Waals surface area contributed by atoms with Crippen molar-refractivity contribution in [3.05, 3.63) is 23.8 Å². The van der Waals surface area contributed by atoms with Crippen LogP contribution >= 0.6 is 0 Å². The van der Waals surface area contributed by atoms with E-state index in [1.807, 2.05) is 19.1 Å². The van der Waals surface area contributed by atoms with E-state index in [0.29, 0.717) is 0 Å². The first kappa shape index (κ1) is 10.3. The SMILES string of the molecule is CC(CO)c1cccc2c1OCCN2C. The van der Waals surface area contributed by atoms with Crippen molar-refractivity contribution >= 4 is 5.69 Å². The zero-order chi connectivity index (χ0) is 10.8. The molecule has 82 valence electrons. The molecule has 1 heterocycles. The Morgan fingerprint density at radius 3 is 3.07 bits per heavy atom. The number of nitrogens with zero attached hydrogens (tertiary/aromatic N) is 1. The van der Waals surface area contributed by atoms with E-state index in [1.54, 1.807) is 0 Å². The fourth-order valence-electron chi connectivity index (χ4n) is 1.89. The monoisotopic (exact) mass is 207 g/mol. The second-order valence-corrected chi connectivity index (χ2v) is 4.05. The highest BCUT2D eigenvalue weighted by molar-refractivity contribution is 5.63. The molecule has 0 saturated heterocycles. The zero-order valence-electron chi connectivity index (χ0n) is 9.23. The number of para-hydroxylation sites is 1. The quantitative estimate of drug-likeness (QED) is 0.799. The van der Waals surface area contributed by atoms with Gasteiger partial charge in [0.15, 0.2) is 0 Å². The summed E-state index contributed by atoms with van der Waals surface area (Å²) in [4.78, 5) is 2.19. The summed E-state index contributed by atoms with van der Waals surface area (Å²) in [5, 5.41) is 9.19. The molecule has 0 bridgehead atoms. The molecular weight excluding hydrogens is 190 g/mol. The lowest BCUT2D eigenvalue weighted by molar-refractivity contribution is 0.263. The van der Waals surface area contributed by atoms with Gasteiger partial charge in [-0.25, -0.2) is 0 Å². The summed E-state index contributed by atoms with van der Waals surface area (Å²) < 4.78 is 5.70.